The van der Waals surface area contributed by atoms with Crippen LogP contribution in [0, 0.1) is 6.92 Å². The predicted octanol–water partition coefficient (Wildman–Crippen LogP) is 5.57. The van der Waals surface area contributed by atoms with Crippen molar-refractivity contribution in [3.63, 3.8) is 0 Å². The monoisotopic (exact) mass is 599 g/mol. The van der Waals surface area contributed by atoms with Crippen LogP contribution in [0.3, 0.4) is 0 Å². The fraction of sp³-hybridized carbons (Fsp3) is 0.355. The SMILES string of the molecule is CCOc1ccccc1N(CC(=O)N(Cc1ccccc1C)[C@H](C)C(=O)NC(C)(C)C)S(=O)(=O)c1ccc(Cl)cc1. The lowest BCUT2D eigenvalue weighted by atomic mass is 10.1. The molecule has 3 aromatic rings. The fourth-order valence-electron chi connectivity index (χ4n) is 4.22. The molecule has 0 fully saturated rings. The van der Waals surface area contributed by atoms with Crippen molar-refractivity contribution in [2.45, 2.75) is 64.6 Å². The Balaban J connectivity index is 2.10. The van der Waals surface area contributed by atoms with Gasteiger partial charge in [0.05, 0.1) is 17.2 Å². The third kappa shape index (κ3) is 8.24. The lowest BCUT2D eigenvalue weighted by Crippen LogP contribution is -2.54. The van der Waals surface area contributed by atoms with E-state index in [0.717, 1.165) is 15.4 Å². The smallest absolute Gasteiger partial charge is 0.264 e. The molecule has 1 N–H and O–H groups in total. The lowest BCUT2D eigenvalue weighted by Gasteiger charge is -2.34. The van der Waals surface area contributed by atoms with E-state index in [4.69, 9.17) is 16.3 Å². The van der Waals surface area contributed by atoms with E-state index >= 15 is 0 Å². The molecule has 0 spiro atoms. The number of rotatable bonds is 11. The number of anilines is 1. The summed E-state index contributed by atoms with van der Waals surface area (Å²) < 4.78 is 34.9. The summed E-state index contributed by atoms with van der Waals surface area (Å²) >= 11 is 6.02. The Kier molecular flexibility index (Phi) is 10.4. The van der Waals surface area contributed by atoms with Crippen molar-refractivity contribution >= 4 is 39.1 Å². The van der Waals surface area contributed by atoms with Crippen LogP contribution in [0.15, 0.2) is 77.7 Å². The summed E-state index contributed by atoms with van der Waals surface area (Å²) in [4.78, 5) is 28.8. The minimum absolute atomic E-state index is 0.0371. The van der Waals surface area contributed by atoms with Crippen molar-refractivity contribution in [3.8, 4) is 5.75 Å². The Morgan fingerprint density at radius 2 is 1.59 bits per heavy atom. The second kappa shape index (κ2) is 13.4. The minimum Gasteiger partial charge on any atom is -0.492 e. The number of halogens is 1. The molecule has 0 heterocycles. The number of hydrogen-bond donors (Lipinski definition) is 1. The second-order valence-electron chi connectivity index (χ2n) is 10.7. The predicted molar refractivity (Wildman–Crippen MR) is 163 cm³/mol. The van der Waals surface area contributed by atoms with Crippen molar-refractivity contribution < 1.29 is 22.7 Å². The van der Waals surface area contributed by atoms with Crippen LogP contribution < -0.4 is 14.4 Å². The maximum absolute atomic E-state index is 14.1. The summed E-state index contributed by atoms with van der Waals surface area (Å²) in [6, 6.07) is 19.1. The molecular weight excluding hydrogens is 562 g/mol. The van der Waals surface area contributed by atoms with Gasteiger partial charge in [-0.2, -0.15) is 0 Å². The number of nitrogens with one attached hydrogen (secondary N) is 1. The fourth-order valence-corrected chi connectivity index (χ4v) is 5.77. The van der Waals surface area contributed by atoms with Gasteiger partial charge in [0, 0.05) is 17.1 Å². The van der Waals surface area contributed by atoms with Crippen LogP contribution in [-0.4, -0.2) is 49.9 Å². The zero-order valence-corrected chi connectivity index (χ0v) is 25.9. The number of carbonyl (C=O) groups is 2. The molecule has 0 saturated heterocycles. The third-order valence-electron chi connectivity index (χ3n) is 6.38. The molecule has 10 heteroatoms. The van der Waals surface area contributed by atoms with Crippen LogP contribution in [0.25, 0.3) is 0 Å². The summed E-state index contributed by atoms with van der Waals surface area (Å²) in [5, 5.41) is 3.31. The first-order valence-corrected chi connectivity index (χ1v) is 15.2. The van der Waals surface area contributed by atoms with Gasteiger partial charge in [-0.25, -0.2) is 8.42 Å². The minimum atomic E-state index is -4.25. The highest BCUT2D eigenvalue weighted by Crippen LogP contribution is 2.33. The summed E-state index contributed by atoms with van der Waals surface area (Å²) in [6.07, 6.45) is 0. The molecule has 3 rings (SSSR count). The van der Waals surface area contributed by atoms with Crippen LogP contribution in [0.5, 0.6) is 5.75 Å². The van der Waals surface area contributed by atoms with Gasteiger partial charge in [-0.05, 0) is 89.1 Å². The van der Waals surface area contributed by atoms with Gasteiger partial charge in [0.25, 0.3) is 10.0 Å². The molecular formula is C31H38ClN3O5S. The Bertz CT molecular complexity index is 1470. The zero-order chi connectivity index (χ0) is 30.4. The van der Waals surface area contributed by atoms with E-state index in [1.165, 1.54) is 29.2 Å². The van der Waals surface area contributed by atoms with Crippen molar-refractivity contribution in [1.82, 2.24) is 10.2 Å². The highest BCUT2D eigenvalue weighted by molar-refractivity contribution is 7.92. The highest BCUT2D eigenvalue weighted by atomic mass is 35.5. The van der Waals surface area contributed by atoms with Crippen molar-refractivity contribution in [3.05, 3.63) is 88.9 Å². The van der Waals surface area contributed by atoms with E-state index in [0.29, 0.717) is 17.4 Å². The maximum Gasteiger partial charge on any atom is 0.264 e. The van der Waals surface area contributed by atoms with E-state index < -0.39 is 34.1 Å². The first-order valence-electron chi connectivity index (χ1n) is 13.4. The molecule has 0 aliphatic rings. The molecule has 8 nitrogen and oxygen atoms in total. The Labute approximate surface area is 248 Å². The first-order chi connectivity index (χ1) is 19.2. The third-order valence-corrected chi connectivity index (χ3v) is 8.41. The van der Waals surface area contributed by atoms with Crippen LogP contribution in [-0.2, 0) is 26.2 Å². The van der Waals surface area contributed by atoms with E-state index in [1.807, 2.05) is 52.0 Å². The number of ether oxygens (including phenoxy) is 1. The van der Waals surface area contributed by atoms with E-state index in [9.17, 15) is 18.0 Å². The summed E-state index contributed by atoms with van der Waals surface area (Å²) in [6.45, 7) is 10.8. The maximum atomic E-state index is 14.1. The van der Waals surface area contributed by atoms with Crippen LogP contribution in [0.2, 0.25) is 5.02 Å². The Hall–Kier alpha value is -3.56. The molecule has 0 aliphatic carbocycles. The number of sulfonamides is 1. The standard InChI is InChI=1S/C31H38ClN3O5S/c1-7-40-28-15-11-10-14-27(28)35(41(38,39)26-18-16-25(32)17-19-26)21-29(36)34(20-24-13-9-8-12-22(24)2)23(3)30(37)33-31(4,5)6/h8-19,23H,7,20-21H2,1-6H3,(H,33,37)/t23-/m1/s1. The molecule has 3 aromatic carbocycles. The zero-order valence-electron chi connectivity index (χ0n) is 24.3. The molecule has 41 heavy (non-hydrogen) atoms. The number of para-hydroxylation sites is 2. The molecule has 0 aromatic heterocycles. The number of nitrogens with zero attached hydrogens (tertiary/aromatic N) is 2. The van der Waals surface area contributed by atoms with Gasteiger partial charge in [-0.1, -0.05) is 48.0 Å². The van der Waals surface area contributed by atoms with Crippen molar-refractivity contribution in [1.29, 1.82) is 0 Å². The first kappa shape index (κ1) is 32.0. The van der Waals surface area contributed by atoms with Crippen LogP contribution in [0.4, 0.5) is 5.69 Å². The van der Waals surface area contributed by atoms with E-state index in [2.05, 4.69) is 5.32 Å². The van der Waals surface area contributed by atoms with Gasteiger partial charge in [0.2, 0.25) is 11.8 Å². The summed E-state index contributed by atoms with van der Waals surface area (Å²) in [7, 11) is -4.25. The van der Waals surface area contributed by atoms with E-state index in [1.54, 1.807) is 38.1 Å². The normalized spacial score (nSPS) is 12.4. The largest absolute Gasteiger partial charge is 0.492 e. The molecule has 2 amide bonds. The Morgan fingerprint density at radius 3 is 2.20 bits per heavy atom. The topological polar surface area (TPSA) is 96.0 Å². The average Bonchev–Trinajstić information content (AvgIpc) is 2.90. The number of carbonyl (C=O) groups excluding carboxylic acids is 2. The quantitative estimate of drug-likeness (QED) is 0.311. The molecule has 0 radical (unpaired) electrons. The number of amides is 2. The molecule has 220 valence electrons. The van der Waals surface area contributed by atoms with Crippen LogP contribution in [0.1, 0.15) is 45.7 Å². The lowest BCUT2D eigenvalue weighted by molar-refractivity contribution is -0.140. The molecule has 1 atom stereocenters. The van der Waals surface area contributed by atoms with Crippen LogP contribution >= 0.6 is 11.6 Å². The van der Waals surface area contributed by atoms with Crippen molar-refractivity contribution in [2.75, 3.05) is 17.5 Å². The molecule has 0 bridgehead atoms. The molecule has 0 saturated carbocycles. The van der Waals surface area contributed by atoms with Gasteiger partial charge in [-0.3, -0.25) is 13.9 Å². The number of benzene rings is 3. The van der Waals surface area contributed by atoms with Gasteiger partial charge in [0.15, 0.2) is 0 Å². The number of aryl methyl sites for hydroxylation is 1. The van der Waals surface area contributed by atoms with Gasteiger partial charge in [0.1, 0.15) is 18.3 Å². The van der Waals surface area contributed by atoms with Gasteiger partial charge >= 0.3 is 0 Å². The summed E-state index contributed by atoms with van der Waals surface area (Å²) in [5.41, 5.74) is 1.47. The highest BCUT2D eigenvalue weighted by Gasteiger charge is 2.34. The van der Waals surface area contributed by atoms with Gasteiger partial charge < -0.3 is 15.0 Å². The molecule has 0 aliphatic heterocycles. The van der Waals surface area contributed by atoms with Crippen molar-refractivity contribution in [2.24, 2.45) is 0 Å². The van der Waals surface area contributed by atoms with Gasteiger partial charge in [-0.15, -0.1) is 0 Å². The second-order valence-corrected chi connectivity index (χ2v) is 13.0. The average molecular weight is 600 g/mol. The summed E-state index contributed by atoms with van der Waals surface area (Å²) in [5.74, 6) is -0.584. The van der Waals surface area contributed by atoms with E-state index in [-0.39, 0.29) is 23.0 Å². The molecule has 0 unspecified atom stereocenters. The Morgan fingerprint density at radius 1 is 0.976 bits per heavy atom. The number of hydrogen-bond acceptors (Lipinski definition) is 5.